The summed E-state index contributed by atoms with van der Waals surface area (Å²) in [6, 6.07) is 16.4. The molecule has 0 aliphatic rings. The van der Waals surface area contributed by atoms with Crippen LogP contribution < -0.4 is 0 Å². The van der Waals surface area contributed by atoms with E-state index in [1.165, 1.54) is 19.2 Å². The minimum Gasteiger partial charge on any atom is -0.465 e. The molecule has 0 aliphatic carbocycles. The molecule has 33 heavy (non-hydrogen) atoms. The van der Waals surface area contributed by atoms with Crippen LogP contribution >= 0.6 is 23.2 Å². The minimum atomic E-state index is -1.21. The van der Waals surface area contributed by atoms with Gasteiger partial charge in [0.2, 0.25) is 0 Å². The Labute approximate surface area is 203 Å². The van der Waals surface area contributed by atoms with Gasteiger partial charge < -0.3 is 9.84 Å². The number of para-hydroxylation sites is 1. The number of esters is 1. The van der Waals surface area contributed by atoms with Gasteiger partial charge in [0.25, 0.3) is 0 Å². The van der Waals surface area contributed by atoms with E-state index in [0.717, 1.165) is 16.6 Å². The molecule has 10 heteroatoms. The number of carbonyl (C=O) groups is 1. The van der Waals surface area contributed by atoms with E-state index in [-0.39, 0.29) is 21.2 Å². The van der Waals surface area contributed by atoms with Gasteiger partial charge in [0, 0.05) is 27.9 Å². The van der Waals surface area contributed by atoms with Gasteiger partial charge in [0.1, 0.15) is 11.8 Å². The number of methoxy groups -OCH3 is 1. The Morgan fingerprint density at radius 3 is 2.42 bits per heavy atom. The molecule has 4 rings (SSSR count). The second-order valence-electron chi connectivity index (χ2n) is 6.89. The van der Waals surface area contributed by atoms with Crippen molar-refractivity contribution < 1.29 is 23.1 Å². The van der Waals surface area contributed by atoms with Crippen LogP contribution in [0.5, 0.6) is 0 Å². The Hall–Kier alpha value is -3.04. The van der Waals surface area contributed by atoms with Crippen LogP contribution in [0.3, 0.4) is 0 Å². The number of aromatic nitrogens is 2. The van der Waals surface area contributed by atoms with Crippen LogP contribution in [-0.2, 0) is 16.3 Å². The summed E-state index contributed by atoms with van der Waals surface area (Å²) in [7, 11) is 1.27. The molecule has 4 aromatic rings. The van der Waals surface area contributed by atoms with Crippen LogP contribution in [0.25, 0.3) is 16.7 Å². The Bertz CT molecular complexity index is 1350. The van der Waals surface area contributed by atoms with Gasteiger partial charge in [-0.05, 0) is 48.9 Å². The highest BCUT2D eigenvalue weighted by atomic mass is 35.5. The van der Waals surface area contributed by atoms with Crippen LogP contribution in [0, 0.1) is 6.92 Å². The number of fused-ring (bicyclic) bond motifs is 1. The fourth-order valence-electron chi connectivity index (χ4n) is 3.53. The molecular weight excluding hydrogens is 487 g/mol. The average molecular weight is 505 g/mol. The predicted molar refractivity (Wildman–Crippen MR) is 127 cm³/mol. The van der Waals surface area contributed by atoms with E-state index in [2.05, 4.69) is 4.98 Å². The van der Waals surface area contributed by atoms with Crippen molar-refractivity contribution in [2.24, 2.45) is 0 Å². The van der Waals surface area contributed by atoms with Crippen molar-refractivity contribution in [3.63, 3.8) is 0 Å². The van der Waals surface area contributed by atoms with E-state index in [1.807, 2.05) is 54.0 Å². The summed E-state index contributed by atoms with van der Waals surface area (Å²) >= 11 is 12.1. The number of halogens is 2. The average Bonchev–Trinajstić information content (AvgIpc) is 3.21. The molecule has 0 saturated heterocycles. The van der Waals surface area contributed by atoms with Crippen molar-refractivity contribution in [2.45, 2.75) is 13.0 Å². The minimum absolute atomic E-state index is 0.0522. The Kier molecular flexibility index (Phi) is 7.99. The molecule has 1 N–H and O–H groups in total. The Balaban J connectivity index is 0.000000968. The largest absolute Gasteiger partial charge is 0.465 e. The van der Waals surface area contributed by atoms with Crippen molar-refractivity contribution in [2.75, 3.05) is 7.11 Å². The molecule has 2 heterocycles. The molecule has 2 aromatic carbocycles. The highest BCUT2D eigenvalue weighted by Gasteiger charge is 2.27. The molecule has 1 unspecified atom stereocenters. The van der Waals surface area contributed by atoms with Gasteiger partial charge in [-0.25, -0.2) is 9.78 Å². The topological polar surface area (TPSA) is 98.5 Å². The molecule has 170 valence electrons. The molecule has 0 amide bonds. The molecule has 0 bridgehead atoms. The molecule has 0 aliphatic heterocycles. The maximum Gasteiger partial charge on any atom is 0.339 e. The van der Waals surface area contributed by atoms with Crippen molar-refractivity contribution >= 4 is 51.8 Å². The lowest BCUT2D eigenvalue weighted by Crippen LogP contribution is -2.11. The number of hydrogen-bond acceptors (Lipinski definition) is 6. The number of benzene rings is 2. The zero-order chi connectivity index (χ0) is 24.1. The standard InChI is InChI=1S/C23H18Cl2N2O3.O2S/c1-13-10-11-26-22-16(13)12-18(27(22)14-6-4-3-5-7-14)21(28)19-17(24)9-8-15(20(19)25)23(29)30-2;1-3-2/h3-12,21,28H,1-2H3;. The van der Waals surface area contributed by atoms with Crippen LogP contribution in [0.1, 0.15) is 33.3 Å². The number of carbonyl (C=O) groups excluding carboxylic acids is 1. The van der Waals surface area contributed by atoms with E-state index in [4.69, 9.17) is 36.4 Å². The fraction of sp³-hybridized carbons (Fsp3) is 0.130. The quantitative estimate of drug-likeness (QED) is 0.399. The number of hydrogen-bond donors (Lipinski definition) is 1. The van der Waals surface area contributed by atoms with E-state index in [9.17, 15) is 9.90 Å². The van der Waals surface area contributed by atoms with Gasteiger partial charge in [-0.15, -0.1) is 0 Å². The number of aryl methyl sites for hydroxylation is 1. The van der Waals surface area contributed by atoms with Crippen LogP contribution in [0.2, 0.25) is 10.0 Å². The maximum atomic E-state index is 12.1. The number of nitrogens with zero attached hydrogens (tertiary/aromatic N) is 2. The molecular formula is C23H18Cl2N2O5S. The third kappa shape index (κ3) is 4.84. The zero-order valence-electron chi connectivity index (χ0n) is 17.5. The third-order valence-electron chi connectivity index (χ3n) is 5.05. The molecule has 7 nitrogen and oxygen atoms in total. The van der Waals surface area contributed by atoms with Gasteiger partial charge in [-0.3, -0.25) is 4.57 Å². The number of pyridine rings is 1. The van der Waals surface area contributed by atoms with E-state index >= 15 is 0 Å². The van der Waals surface area contributed by atoms with Gasteiger partial charge in [-0.1, -0.05) is 41.4 Å². The summed E-state index contributed by atoms with van der Waals surface area (Å²) in [4.78, 5) is 16.6. The van der Waals surface area contributed by atoms with Crippen molar-refractivity contribution in [3.05, 3.63) is 93.2 Å². The SMILES string of the molecule is COC(=O)c1ccc(Cl)c(C(O)c2cc3c(C)ccnc3n2-c2ccccc2)c1Cl.O=S=O. The molecule has 0 saturated carbocycles. The van der Waals surface area contributed by atoms with Crippen molar-refractivity contribution in [1.29, 1.82) is 0 Å². The monoisotopic (exact) mass is 504 g/mol. The van der Waals surface area contributed by atoms with Gasteiger partial charge >= 0.3 is 17.5 Å². The van der Waals surface area contributed by atoms with E-state index in [0.29, 0.717) is 11.3 Å². The number of ether oxygens (including phenoxy) is 1. The van der Waals surface area contributed by atoms with Crippen molar-refractivity contribution in [3.8, 4) is 5.69 Å². The normalized spacial score (nSPS) is 11.4. The maximum absolute atomic E-state index is 12.1. The molecule has 2 aromatic heterocycles. The summed E-state index contributed by atoms with van der Waals surface area (Å²) < 4.78 is 23.2. The highest BCUT2D eigenvalue weighted by Crippen LogP contribution is 2.39. The first-order chi connectivity index (χ1) is 15.8. The smallest absolute Gasteiger partial charge is 0.339 e. The van der Waals surface area contributed by atoms with Gasteiger partial charge in [0.15, 0.2) is 0 Å². The third-order valence-corrected chi connectivity index (χ3v) is 5.79. The van der Waals surface area contributed by atoms with Crippen LogP contribution in [0.15, 0.2) is 60.8 Å². The second kappa shape index (κ2) is 10.7. The number of aliphatic hydroxyl groups is 1. The Morgan fingerprint density at radius 1 is 1.12 bits per heavy atom. The lowest BCUT2D eigenvalue weighted by atomic mass is 10.0. The van der Waals surface area contributed by atoms with Gasteiger partial charge in [-0.2, -0.15) is 8.42 Å². The first kappa shape index (κ1) is 24.6. The van der Waals surface area contributed by atoms with E-state index in [1.54, 1.807) is 6.20 Å². The van der Waals surface area contributed by atoms with Crippen LogP contribution in [-0.4, -0.2) is 36.2 Å². The zero-order valence-corrected chi connectivity index (χ0v) is 19.8. The molecule has 0 spiro atoms. The highest BCUT2D eigenvalue weighted by molar-refractivity contribution is 7.51. The molecule has 0 radical (unpaired) electrons. The predicted octanol–water partition coefficient (Wildman–Crippen LogP) is 4.84. The summed E-state index contributed by atoms with van der Waals surface area (Å²) in [6.07, 6.45) is 0.522. The first-order valence-corrected chi connectivity index (χ1v) is 11.0. The fourth-order valence-corrected chi connectivity index (χ4v) is 4.19. The molecule has 0 fully saturated rings. The number of rotatable bonds is 4. The summed E-state index contributed by atoms with van der Waals surface area (Å²) in [5.41, 5.74) is 3.45. The van der Waals surface area contributed by atoms with Crippen molar-refractivity contribution in [1.82, 2.24) is 9.55 Å². The Morgan fingerprint density at radius 2 is 1.79 bits per heavy atom. The lowest BCUT2D eigenvalue weighted by Gasteiger charge is -2.19. The lowest BCUT2D eigenvalue weighted by molar-refractivity contribution is 0.0600. The first-order valence-electron chi connectivity index (χ1n) is 9.54. The van der Waals surface area contributed by atoms with Gasteiger partial charge in [0.05, 0.1) is 23.4 Å². The summed E-state index contributed by atoms with van der Waals surface area (Å²) in [6.45, 7) is 1.98. The second-order valence-corrected chi connectivity index (χ2v) is 7.81. The summed E-state index contributed by atoms with van der Waals surface area (Å²) in [5.74, 6) is -0.605. The van der Waals surface area contributed by atoms with Crippen LogP contribution in [0.4, 0.5) is 0 Å². The van der Waals surface area contributed by atoms with E-state index < -0.39 is 23.6 Å². The number of aliphatic hydroxyl groups excluding tert-OH is 1. The molecule has 1 atom stereocenters. The summed E-state index contributed by atoms with van der Waals surface area (Å²) in [5, 5.41) is 12.6.